The molecule has 4 aromatic rings. The molecule has 1 aromatic carbocycles. The quantitative estimate of drug-likeness (QED) is 0.379. The maximum absolute atomic E-state index is 13.1. The third kappa shape index (κ3) is 4.93. The fourth-order valence-electron chi connectivity index (χ4n) is 2.88. The third-order valence-electron chi connectivity index (χ3n) is 5.21. The molecule has 0 unspecified atom stereocenters. The summed E-state index contributed by atoms with van der Waals surface area (Å²) in [6, 6.07) is 8.22. The van der Waals surface area contributed by atoms with Crippen LogP contribution in [0.3, 0.4) is 0 Å². The molecule has 3 aromatic heterocycles. The summed E-state index contributed by atoms with van der Waals surface area (Å²) in [5.41, 5.74) is 0.0462. The van der Waals surface area contributed by atoms with E-state index in [0.29, 0.717) is 11.1 Å². The molecule has 3 heterocycles. The highest BCUT2D eigenvalue weighted by Gasteiger charge is 2.51. The predicted octanol–water partition coefficient (Wildman–Crippen LogP) is 3.50. The van der Waals surface area contributed by atoms with Crippen LogP contribution >= 0.6 is 0 Å². The number of carbonyl (C=O) groups is 2. The number of hydrogen-bond acceptors (Lipinski definition) is 8. The summed E-state index contributed by atoms with van der Waals surface area (Å²) >= 11 is 0. The van der Waals surface area contributed by atoms with Gasteiger partial charge in [-0.15, -0.1) is 0 Å². The van der Waals surface area contributed by atoms with Crippen LogP contribution in [0.15, 0.2) is 47.2 Å². The van der Waals surface area contributed by atoms with Crippen LogP contribution in [-0.2, 0) is 12.0 Å². The number of aromatic amines is 1. The van der Waals surface area contributed by atoms with Crippen LogP contribution in [0.1, 0.15) is 46.4 Å². The van der Waals surface area contributed by atoms with Gasteiger partial charge in [-0.2, -0.15) is 18.3 Å². The lowest BCUT2D eigenvalue weighted by atomic mass is 9.92. The minimum Gasteiger partial charge on any atom is -0.350 e. The first-order valence-corrected chi connectivity index (χ1v) is 10.2. The van der Waals surface area contributed by atoms with Crippen LogP contribution in [0.2, 0.25) is 0 Å². The zero-order chi connectivity index (χ0) is 25.2. The topological polar surface area (TPSA) is 140 Å². The lowest BCUT2D eigenvalue weighted by Crippen LogP contribution is -2.37. The van der Waals surface area contributed by atoms with Gasteiger partial charge in [0, 0.05) is 29.6 Å². The minimum atomic E-state index is -4.53. The van der Waals surface area contributed by atoms with Gasteiger partial charge in [0.25, 0.3) is 5.91 Å². The third-order valence-corrected chi connectivity index (χ3v) is 5.21. The van der Waals surface area contributed by atoms with Crippen LogP contribution < -0.4 is 5.32 Å². The number of hydrogen-bond donors (Lipinski definition) is 2. The van der Waals surface area contributed by atoms with Crippen molar-refractivity contribution in [2.75, 3.05) is 0 Å². The molecule has 0 aliphatic carbocycles. The molecule has 13 heteroatoms. The average Bonchev–Trinajstić information content (AvgIpc) is 3.53. The van der Waals surface area contributed by atoms with Crippen LogP contribution in [0.25, 0.3) is 22.6 Å². The van der Waals surface area contributed by atoms with Crippen molar-refractivity contribution >= 4 is 12.2 Å². The SMILES string of the molecule is CC(C)(c1n[nH]c(CNC(=O)c2cc(-c3ncc(-c4ccc(C=O)cc4)cn3)no2)n1)C(F)(F)F. The van der Waals surface area contributed by atoms with Crippen molar-refractivity contribution in [1.29, 1.82) is 0 Å². The fraction of sp³-hybridized carbons (Fsp3) is 0.227. The monoisotopic (exact) mass is 485 g/mol. The Hall–Kier alpha value is -4.42. The van der Waals surface area contributed by atoms with E-state index in [4.69, 9.17) is 4.52 Å². The Morgan fingerprint density at radius 2 is 1.80 bits per heavy atom. The molecule has 35 heavy (non-hydrogen) atoms. The summed E-state index contributed by atoms with van der Waals surface area (Å²) in [4.78, 5) is 35.4. The Bertz CT molecular complexity index is 1340. The largest absolute Gasteiger partial charge is 0.401 e. The molecule has 1 amide bonds. The summed E-state index contributed by atoms with van der Waals surface area (Å²) in [5, 5.41) is 12.3. The highest BCUT2D eigenvalue weighted by molar-refractivity contribution is 5.92. The summed E-state index contributed by atoms with van der Waals surface area (Å²) in [6.45, 7) is 1.73. The van der Waals surface area contributed by atoms with Gasteiger partial charge in [0.2, 0.25) is 5.76 Å². The summed E-state index contributed by atoms with van der Waals surface area (Å²) in [5.74, 6) is -0.978. The summed E-state index contributed by atoms with van der Waals surface area (Å²) < 4.78 is 44.5. The van der Waals surface area contributed by atoms with Crippen molar-refractivity contribution in [2.24, 2.45) is 0 Å². The number of H-pyrrole nitrogens is 1. The number of aromatic nitrogens is 6. The summed E-state index contributed by atoms with van der Waals surface area (Å²) in [7, 11) is 0. The first kappa shape index (κ1) is 23.7. The molecule has 0 aliphatic rings. The first-order valence-electron chi connectivity index (χ1n) is 10.2. The highest BCUT2D eigenvalue weighted by Crippen LogP contribution is 2.38. The minimum absolute atomic E-state index is 0.0468. The highest BCUT2D eigenvalue weighted by atomic mass is 19.4. The van der Waals surface area contributed by atoms with Gasteiger partial charge in [0.05, 0.1) is 6.54 Å². The number of aldehydes is 1. The van der Waals surface area contributed by atoms with E-state index >= 15 is 0 Å². The van der Waals surface area contributed by atoms with Crippen LogP contribution in [0.4, 0.5) is 13.2 Å². The van der Waals surface area contributed by atoms with Crippen molar-refractivity contribution < 1.29 is 27.3 Å². The molecule has 0 saturated carbocycles. The van der Waals surface area contributed by atoms with E-state index in [1.54, 1.807) is 36.7 Å². The standard InChI is InChI=1S/C22H18F3N7O3/c1-21(2,22(23,24)25)20-29-17(30-31-20)10-28-19(34)16-7-15(32-35-16)18-26-8-14(9-27-18)13-5-3-12(11-33)4-6-13/h3-9,11H,10H2,1-2H3,(H,28,34)(H,29,30,31). The van der Waals surface area contributed by atoms with E-state index < -0.39 is 23.3 Å². The number of halogens is 3. The van der Waals surface area contributed by atoms with Crippen molar-refractivity contribution in [3.05, 3.63) is 65.7 Å². The van der Waals surface area contributed by atoms with Crippen molar-refractivity contribution in [1.82, 2.24) is 35.6 Å². The molecule has 0 fully saturated rings. The number of amides is 1. The second kappa shape index (κ2) is 9.08. The lowest BCUT2D eigenvalue weighted by Gasteiger charge is -2.24. The lowest BCUT2D eigenvalue weighted by molar-refractivity contribution is -0.182. The van der Waals surface area contributed by atoms with E-state index in [-0.39, 0.29) is 29.6 Å². The maximum atomic E-state index is 13.1. The van der Waals surface area contributed by atoms with Gasteiger partial charge in [-0.3, -0.25) is 14.7 Å². The van der Waals surface area contributed by atoms with Crippen molar-refractivity contribution in [3.63, 3.8) is 0 Å². The number of nitrogens with zero attached hydrogens (tertiary/aromatic N) is 5. The van der Waals surface area contributed by atoms with E-state index in [1.165, 1.54) is 6.07 Å². The van der Waals surface area contributed by atoms with Crippen LogP contribution in [0, 0.1) is 0 Å². The number of benzene rings is 1. The molecule has 0 radical (unpaired) electrons. The van der Waals surface area contributed by atoms with E-state index in [1.807, 2.05) is 0 Å². The van der Waals surface area contributed by atoms with Gasteiger partial charge in [0.1, 0.15) is 17.5 Å². The zero-order valence-corrected chi connectivity index (χ0v) is 18.4. The molecular formula is C22H18F3N7O3. The molecule has 0 spiro atoms. The molecule has 0 aliphatic heterocycles. The second-order valence-corrected chi connectivity index (χ2v) is 8.02. The molecular weight excluding hydrogens is 467 g/mol. The molecule has 0 bridgehead atoms. The Balaban J connectivity index is 1.39. The molecule has 4 rings (SSSR count). The Morgan fingerprint density at radius 1 is 1.11 bits per heavy atom. The zero-order valence-electron chi connectivity index (χ0n) is 18.4. The van der Waals surface area contributed by atoms with E-state index in [2.05, 4.69) is 35.6 Å². The predicted molar refractivity (Wildman–Crippen MR) is 115 cm³/mol. The fourth-order valence-corrected chi connectivity index (χ4v) is 2.88. The van der Waals surface area contributed by atoms with Gasteiger partial charge in [-0.1, -0.05) is 29.4 Å². The van der Waals surface area contributed by atoms with Crippen molar-refractivity contribution in [2.45, 2.75) is 32.0 Å². The van der Waals surface area contributed by atoms with Crippen LogP contribution in [0.5, 0.6) is 0 Å². The Labute approximate surface area is 196 Å². The van der Waals surface area contributed by atoms with E-state index in [9.17, 15) is 22.8 Å². The maximum Gasteiger partial charge on any atom is 0.401 e. The molecule has 180 valence electrons. The first-order chi connectivity index (χ1) is 16.6. The summed E-state index contributed by atoms with van der Waals surface area (Å²) in [6.07, 6.45) is -0.653. The Morgan fingerprint density at radius 3 is 2.43 bits per heavy atom. The Kier molecular flexibility index (Phi) is 6.16. The smallest absolute Gasteiger partial charge is 0.350 e. The second-order valence-electron chi connectivity index (χ2n) is 8.02. The molecule has 0 saturated heterocycles. The van der Waals surface area contributed by atoms with Gasteiger partial charge in [0.15, 0.2) is 17.3 Å². The van der Waals surface area contributed by atoms with Gasteiger partial charge in [-0.05, 0) is 19.4 Å². The normalized spacial score (nSPS) is 11.9. The number of rotatable bonds is 7. The van der Waals surface area contributed by atoms with E-state index in [0.717, 1.165) is 25.7 Å². The average molecular weight is 485 g/mol. The van der Waals surface area contributed by atoms with Gasteiger partial charge >= 0.3 is 6.18 Å². The molecule has 2 N–H and O–H groups in total. The molecule has 10 nitrogen and oxygen atoms in total. The number of alkyl halides is 3. The van der Waals surface area contributed by atoms with Gasteiger partial charge in [-0.25, -0.2) is 15.0 Å². The molecule has 0 atom stereocenters. The number of nitrogens with one attached hydrogen (secondary N) is 2. The van der Waals surface area contributed by atoms with Crippen LogP contribution in [-0.4, -0.2) is 48.7 Å². The van der Waals surface area contributed by atoms with Gasteiger partial charge < -0.3 is 9.84 Å². The number of carbonyl (C=O) groups excluding carboxylic acids is 2. The van der Waals surface area contributed by atoms with Crippen molar-refractivity contribution in [3.8, 4) is 22.6 Å².